The Kier molecular flexibility index (Phi) is 9.04. The highest BCUT2D eigenvalue weighted by molar-refractivity contribution is 7.98. The lowest BCUT2D eigenvalue weighted by Gasteiger charge is -2.04. The molecule has 0 saturated heterocycles. The van der Waals surface area contributed by atoms with Crippen molar-refractivity contribution in [3.8, 4) is 0 Å². The minimum atomic E-state index is 0. The predicted octanol–water partition coefficient (Wildman–Crippen LogP) is 2.37. The van der Waals surface area contributed by atoms with Crippen molar-refractivity contribution >= 4 is 30.0 Å². The van der Waals surface area contributed by atoms with Crippen molar-refractivity contribution in [3.05, 3.63) is 30.1 Å². The molecule has 0 bridgehead atoms. The van der Waals surface area contributed by atoms with Gasteiger partial charge < -0.3 is 5.32 Å². The molecule has 1 heterocycles. The van der Waals surface area contributed by atoms with Crippen LogP contribution in [0.15, 0.2) is 29.4 Å². The van der Waals surface area contributed by atoms with E-state index in [9.17, 15) is 0 Å². The normalized spacial score (nSPS) is 10.8. The Bertz CT molecular complexity index is 303. The molecule has 0 aliphatic rings. The van der Waals surface area contributed by atoms with Gasteiger partial charge in [-0.1, -0.05) is 6.07 Å². The summed E-state index contributed by atoms with van der Waals surface area (Å²) >= 11 is 1.88. The van der Waals surface area contributed by atoms with Gasteiger partial charge in [0, 0.05) is 38.2 Å². The third-order valence-corrected chi connectivity index (χ3v) is 3.01. The first-order valence-corrected chi connectivity index (χ1v) is 6.13. The van der Waals surface area contributed by atoms with E-state index in [-0.39, 0.29) is 12.4 Å². The Balaban J connectivity index is 0.00000225. The van der Waals surface area contributed by atoms with Crippen LogP contribution in [0.4, 0.5) is 0 Å². The number of aromatic nitrogens is 1. The molecule has 0 radical (unpaired) electrons. The highest BCUT2D eigenvalue weighted by Gasteiger charge is 1.96. The topological polar surface area (TPSA) is 37.3 Å². The zero-order valence-corrected chi connectivity index (χ0v) is 11.3. The first-order valence-electron chi connectivity index (χ1n) is 4.98. The van der Waals surface area contributed by atoms with E-state index in [2.05, 4.69) is 21.4 Å². The molecule has 90 valence electrons. The monoisotopic (exact) mass is 259 g/mol. The molecule has 1 rings (SSSR count). The first kappa shape index (κ1) is 15.3. The number of hydrogen-bond donors (Lipinski definition) is 1. The van der Waals surface area contributed by atoms with E-state index >= 15 is 0 Å². The summed E-state index contributed by atoms with van der Waals surface area (Å²) in [5.41, 5.74) is 1.14. The quantitative estimate of drug-likeness (QED) is 0.501. The molecule has 0 aliphatic carbocycles. The molecule has 1 N–H and O–H groups in total. The van der Waals surface area contributed by atoms with Crippen LogP contribution in [-0.4, -0.2) is 30.7 Å². The van der Waals surface area contributed by atoms with E-state index in [1.807, 2.05) is 44.2 Å². The molecule has 0 amide bonds. The van der Waals surface area contributed by atoms with Gasteiger partial charge in [-0.2, -0.15) is 11.8 Å². The van der Waals surface area contributed by atoms with Gasteiger partial charge in [0.2, 0.25) is 0 Å². The van der Waals surface area contributed by atoms with Crippen molar-refractivity contribution in [2.24, 2.45) is 4.99 Å². The van der Waals surface area contributed by atoms with Crippen molar-refractivity contribution in [1.82, 2.24) is 10.3 Å². The number of thioether (sulfide) groups is 1. The van der Waals surface area contributed by atoms with Crippen LogP contribution in [0.5, 0.6) is 0 Å². The fourth-order valence-corrected chi connectivity index (χ4v) is 2.04. The van der Waals surface area contributed by atoms with E-state index < -0.39 is 0 Å². The minimum absolute atomic E-state index is 0. The number of halogens is 1. The lowest BCUT2D eigenvalue weighted by atomic mass is 10.4. The van der Waals surface area contributed by atoms with Crippen molar-refractivity contribution < 1.29 is 0 Å². The maximum Gasteiger partial charge on any atom is 0.0965 e. The zero-order chi connectivity index (χ0) is 10.9. The Morgan fingerprint density at radius 1 is 1.50 bits per heavy atom. The summed E-state index contributed by atoms with van der Waals surface area (Å²) in [7, 11) is 3.72. The number of hydrogen-bond acceptors (Lipinski definition) is 3. The second kappa shape index (κ2) is 9.48. The van der Waals surface area contributed by atoms with Gasteiger partial charge in [0.25, 0.3) is 0 Å². The van der Waals surface area contributed by atoms with Crippen LogP contribution in [0, 0.1) is 0 Å². The summed E-state index contributed by atoms with van der Waals surface area (Å²) < 4.78 is 0. The van der Waals surface area contributed by atoms with Gasteiger partial charge in [0.1, 0.15) is 0 Å². The first-order chi connectivity index (χ1) is 7.36. The Morgan fingerprint density at radius 3 is 2.88 bits per heavy atom. The molecule has 0 saturated carbocycles. The molecule has 0 atom stereocenters. The SMILES string of the molecule is C/N=C(/CCSCc1ccccn1)NC.Cl. The molecule has 0 fully saturated rings. The summed E-state index contributed by atoms with van der Waals surface area (Å²) in [5.74, 6) is 3.11. The van der Waals surface area contributed by atoms with Gasteiger partial charge in [-0.15, -0.1) is 12.4 Å². The number of amidine groups is 1. The van der Waals surface area contributed by atoms with Gasteiger partial charge in [0.15, 0.2) is 0 Å². The van der Waals surface area contributed by atoms with Gasteiger partial charge in [-0.3, -0.25) is 9.98 Å². The highest BCUT2D eigenvalue weighted by atomic mass is 35.5. The standard InChI is InChI=1S/C11H17N3S.ClH/c1-12-11(13-2)6-8-15-9-10-5-3-4-7-14-10;/h3-5,7H,6,8-9H2,1-2H3,(H,12,13);1H. The van der Waals surface area contributed by atoms with Gasteiger partial charge in [-0.25, -0.2) is 0 Å². The zero-order valence-electron chi connectivity index (χ0n) is 9.64. The largest absolute Gasteiger partial charge is 0.377 e. The number of pyridine rings is 1. The van der Waals surface area contributed by atoms with E-state index in [0.717, 1.165) is 29.5 Å². The van der Waals surface area contributed by atoms with Crippen molar-refractivity contribution in [3.63, 3.8) is 0 Å². The number of rotatable bonds is 5. The fraction of sp³-hybridized carbons (Fsp3) is 0.455. The van der Waals surface area contributed by atoms with Crippen LogP contribution in [0.25, 0.3) is 0 Å². The van der Waals surface area contributed by atoms with Crippen LogP contribution in [0.3, 0.4) is 0 Å². The number of nitrogens with zero attached hydrogens (tertiary/aromatic N) is 2. The van der Waals surface area contributed by atoms with Gasteiger partial charge >= 0.3 is 0 Å². The van der Waals surface area contributed by atoms with E-state index in [4.69, 9.17) is 0 Å². The van der Waals surface area contributed by atoms with E-state index in [1.165, 1.54) is 0 Å². The van der Waals surface area contributed by atoms with Crippen molar-refractivity contribution in [2.75, 3.05) is 19.8 Å². The number of nitrogens with one attached hydrogen (secondary N) is 1. The molecule has 16 heavy (non-hydrogen) atoms. The fourth-order valence-electron chi connectivity index (χ4n) is 1.18. The molecule has 1 aromatic heterocycles. The molecule has 5 heteroatoms. The second-order valence-electron chi connectivity index (χ2n) is 3.04. The minimum Gasteiger partial charge on any atom is -0.377 e. The summed E-state index contributed by atoms with van der Waals surface area (Å²) in [6.07, 6.45) is 2.83. The number of aliphatic imine (C=N–C) groups is 1. The highest BCUT2D eigenvalue weighted by Crippen LogP contribution is 2.10. The second-order valence-corrected chi connectivity index (χ2v) is 4.15. The lowest BCUT2D eigenvalue weighted by molar-refractivity contribution is 1.07. The summed E-state index contributed by atoms with van der Waals surface area (Å²) in [4.78, 5) is 8.40. The predicted molar refractivity (Wildman–Crippen MR) is 74.7 cm³/mol. The molecule has 0 aliphatic heterocycles. The summed E-state index contributed by atoms with van der Waals surface area (Å²) in [6, 6.07) is 6.02. The Hall–Kier alpha value is -0.740. The Morgan fingerprint density at radius 2 is 2.31 bits per heavy atom. The summed E-state index contributed by atoms with van der Waals surface area (Å²) in [5, 5.41) is 3.07. The lowest BCUT2D eigenvalue weighted by Crippen LogP contribution is -2.18. The molecule has 1 aromatic rings. The van der Waals surface area contributed by atoms with Crippen LogP contribution in [0.1, 0.15) is 12.1 Å². The molecule has 0 aromatic carbocycles. The smallest absolute Gasteiger partial charge is 0.0965 e. The third kappa shape index (κ3) is 5.98. The van der Waals surface area contributed by atoms with Crippen LogP contribution in [-0.2, 0) is 5.75 Å². The van der Waals surface area contributed by atoms with Crippen LogP contribution < -0.4 is 5.32 Å². The van der Waals surface area contributed by atoms with E-state index in [0.29, 0.717) is 0 Å². The maximum absolute atomic E-state index is 4.27. The van der Waals surface area contributed by atoms with Crippen molar-refractivity contribution in [1.29, 1.82) is 0 Å². The summed E-state index contributed by atoms with van der Waals surface area (Å²) in [6.45, 7) is 0. The average Bonchev–Trinajstić information content (AvgIpc) is 2.31. The Labute approximate surface area is 108 Å². The molecular formula is C11H18ClN3S. The van der Waals surface area contributed by atoms with E-state index in [1.54, 1.807) is 0 Å². The molecule has 0 unspecified atom stereocenters. The molecular weight excluding hydrogens is 242 g/mol. The van der Waals surface area contributed by atoms with Crippen LogP contribution >= 0.6 is 24.2 Å². The van der Waals surface area contributed by atoms with Crippen molar-refractivity contribution in [2.45, 2.75) is 12.2 Å². The van der Waals surface area contributed by atoms with Crippen LogP contribution in [0.2, 0.25) is 0 Å². The third-order valence-electron chi connectivity index (χ3n) is 2.02. The van der Waals surface area contributed by atoms with Gasteiger partial charge in [0.05, 0.1) is 11.5 Å². The molecule has 0 spiro atoms. The maximum atomic E-state index is 4.27. The van der Waals surface area contributed by atoms with Gasteiger partial charge in [-0.05, 0) is 12.1 Å². The molecule has 3 nitrogen and oxygen atoms in total. The average molecular weight is 260 g/mol.